The van der Waals surface area contributed by atoms with Crippen molar-refractivity contribution in [2.75, 3.05) is 5.32 Å². The van der Waals surface area contributed by atoms with Gasteiger partial charge in [0.1, 0.15) is 6.26 Å². The lowest BCUT2D eigenvalue weighted by Gasteiger charge is -2.04. The van der Waals surface area contributed by atoms with Crippen LogP contribution in [0.25, 0.3) is 0 Å². The molecule has 2 aromatic rings. The molecule has 0 unspecified atom stereocenters. The number of sulfonamides is 1. The number of hydrogen-bond acceptors (Lipinski definition) is 5. The maximum absolute atomic E-state index is 11.8. The molecule has 0 aliphatic carbocycles. The van der Waals surface area contributed by atoms with Gasteiger partial charge in [0.05, 0.1) is 10.5 Å². The average Bonchev–Trinajstić information content (AvgIpc) is 2.88. The zero-order chi connectivity index (χ0) is 15.6. The summed E-state index contributed by atoms with van der Waals surface area (Å²) in [4.78, 5) is 22.3. The maximum Gasteiger partial charge on any atom is 0.338 e. The first-order valence-corrected chi connectivity index (χ1v) is 7.08. The summed E-state index contributed by atoms with van der Waals surface area (Å²) in [5.41, 5.74) is 0.0123. The number of primary sulfonamides is 1. The van der Waals surface area contributed by atoms with E-state index in [1.165, 1.54) is 24.3 Å². The molecule has 0 aliphatic heterocycles. The molecule has 1 amide bonds. The molecular weight excluding hydrogens is 300 g/mol. The van der Waals surface area contributed by atoms with Crippen molar-refractivity contribution in [1.82, 2.24) is 0 Å². The average molecular weight is 310 g/mol. The Morgan fingerprint density at radius 1 is 1.24 bits per heavy atom. The number of rotatable bonds is 4. The van der Waals surface area contributed by atoms with Gasteiger partial charge in [-0.15, -0.1) is 0 Å². The number of nitrogens with one attached hydrogen (secondary N) is 1. The summed E-state index contributed by atoms with van der Waals surface area (Å²) in [6.07, 6.45) is 0.929. The third kappa shape index (κ3) is 3.46. The Kier molecular flexibility index (Phi) is 3.78. The van der Waals surface area contributed by atoms with Crippen LogP contribution in [-0.2, 0) is 10.0 Å². The molecule has 1 aromatic heterocycles. The normalized spacial score (nSPS) is 11.1. The minimum Gasteiger partial charge on any atom is -0.478 e. The quantitative estimate of drug-likeness (QED) is 0.765. The minimum absolute atomic E-state index is 0.161. The van der Waals surface area contributed by atoms with Gasteiger partial charge in [0.2, 0.25) is 10.0 Å². The zero-order valence-corrected chi connectivity index (χ0v) is 11.3. The number of nitrogens with two attached hydrogens (primary N) is 1. The van der Waals surface area contributed by atoms with E-state index in [1.54, 1.807) is 0 Å². The van der Waals surface area contributed by atoms with Crippen LogP contribution in [0.15, 0.2) is 45.9 Å². The van der Waals surface area contributed by atoms with Gasteiger partial charge in [-0.25, -0.2) is 18.4 Å². The van der Waals surface area contributed by atoms with Crippen LogP contribution in [0.4, 0.5) is 5.69 Å². The van der Waals surface area contributed by atoms with Crippen molar-refractivity contribution in [3.8, 4) is 0 Å². The lowest BCUT2D eigenvalue weighted by molar-refractivity contribution is 0.0696. The number of aromatic carboxylic acids is 1. The van der Waals surface area contributed by atoms with Gasteiger partial charge in [-0.3, -0.25) is 4.79 Å². The number of amides is 1. The fourth-order valence-corrected chi connectivity index (χ4v) is 2.07. The molecule has 1 heterocycles. The van der Waals surface area contributed by atoms with Crippen LogP contribution in [0.2, 0.25) is 0 Å². The highest BCUT2D eigenvalue weighted by molar-refractivity contribution is 7.89. The Balaban J connectivity index is 2.21. The van der Waals surface area contributed by atoms with E-state index in [4.69, 9.17) is 14.7 Å². The van der Waals surface area contributed by atoms with E-state index >= 15 is 0 Å². The number of benzene rings is 1. The third-order valence-electron chi connectivity index (χ3n) is 2.49. The van der Waals surface area contributed by atoms with Crippen molar-refractivity contribution in [2.45, 2.75) is 4.90 Å². The van der Waals surface area contributed by atoms with Crippen molar-refractivity contribution in [2.24, 2.45) is 5.14 Å². The van der Waals surface area contributed by atoms with Crippen LogP contribution in [0.1, 0.15) is 20.9 Å². The Bertz CT molecular complexity index is 809. The molecule has 0 bridgehead atoms. The van der Waals surface area contributed by atoms with Gasteiger partial charge >= 0.3 is 5.97 Å². The standard InChI is InChI=1S/C12H10N2O6S/c13-21(18,19)9-3-1-2-8(5-9)14-11(15)10-4-7(6-20-10)12(16)17/h1-6H,(H,14,15)(H,16,17)(H2,13,18,19). The second-order valence-electron chi connectivity index (χ2n) is 4.03. The van der Waals surface area contributed by atoms with E-state index in [0.29, 0.717) is 0 Å². The van der Waals surface area contributed by atoms with Gasteiger partial charge in [0, 0.05) is 11.8 Å². The summed E-state index contributed by atoms with van der Waals surface area (Å²) >= 11 is 0. The number of anilines is 1. The lowest BCUT2D eigenvalue weighted by atomic mass is 10.3. The van der Waals surface area contributed by atoms with E-state index in [9.17, 15) is 18.0 Å². The van der Waals surface area contributed by atoms with E-state index < -0.39 is 21.9 Å². The van der Waals surface area contributed by atoms with E-state index in [0.717, 1.165) is 12.3 Å². The SMILES string of the molecule is NS(=O)(=O)c1cccc(NC(=O)c2cc(C(=O)O)co2)c1. The summed E-state index contributed by atoms with van der Waals surface area (Å²) in [5.74, 6) is -2.16. The van der Waals surface area contributed by atoms with Crippen molar-refractivity contribution >= 4 is 27.6 Å². The Morgan fingerprint density at radius 2 is 1.95 bits per heavy atom. The Labute approximate surface area is 119 Å². The van der Waals surface area contributed by atoms with Crippen LogP contribution in [-0.4, -0.2) is 25.4 Å². The van der Waals surface area contributed by atoms with Crippen LogP contribution in [0.5, 0.6) is 0 Å². The van der Waals surface area contributed by atoms with Gasteiger partial charge in [-0.1, -0.05) is 6.07 Å². The molecule has 2 rings (SSSR count). The number of hydrogen-bond donors (Lipinski definition) is 3. The highest BCUT2D eigenvalue weighted by atomic mass is 32.2. The fourth-order valence-electron chi connectivity index (χ4n) is 1.51. The molecule has 4 N–H and O–H groups in total. The number of carbonyl (C=O) groups is 2. The molecule has 0 saturated carbocycles. The van der Waals surface area contributed by atoms with Gasteiger partial charge < -0.3 is 14.8 Å². The second-order valence-corrected chi connectivity index (χ2v) is 5.59. The first kappa shape index (κ1) is 14.8. The molecule has 110 valence electrons. The third-order valence-corrected chi connectivity index (χ3v) is 3.40. The second kappa shape index (κ2) is 5.38. The van der Waals surface area contributed by atoms with Crippen molar-refractivity contribution in [3.05, 3.63) is 47.9 Å². The highest BCUT2D eigenvalue weighted by Crippen LogP contribution is 2.16. The Hall–Kier alpha value is -2.65. The number of carbonyl (C=O) groups excluding carboxylic acids is 1. The van der Waals surface area contributed by atoms with Crippen LogP contribution < -0.4 is 10.5 Å². The summed E-state index contributed by atoms with van der Waals surface area (Å²) in [6, 6.07) is 6.36. The number of carboxylic acids is 1. The summed E-state index contributed by atoms with van der Waals surface area (Å²) in [7, 11) is -3.89. The number of furan rings is 1. The highest BCUT2D eigenvalue weighted by Gasteiger charge is 2.15. The molecular formula is C12H10N2O6S. The lowest BCUT2D eigenvalue weighted by Crippen LogP contribution is -2.14. The summed E-state index contributed by atoms with van der Waals surface area (Å²) < 4.78 is 27.2. The monoisotopic (exact) mass is 310 g/mol. The van der Waals surface area contributed by atoms with Gasteiger partial charge in [0.25, 0.3) is 5.91 Å². The molecule has 9 heteroatoms. The maximum atomic E-state index is 11.8. The number of carboxylic acid groups (broad SMARTS) is 1. The van der Waals surface area contributed by atoms with Crippen LogP contribution in [0, 0.1) is 0 Å². The van der Waals surface area contributed by atoms with E-state index in [-0.39, 0.29) is 21.9 Å². The fraction of sp³-hybridized carbons (Fsp3) is 0. The smallest absolute Gasteiger partial charge is 0.338 e. The molecule has 0 radical (unpaired) electrons. The molecule has 0 aliphatic rings. The van der Waals surface area contributed by atoms with Crippen LogP contribution >= 0.6 is 0 Å². The predicted octanol–water partition coefficient (Wildman–Crippen LogP) is 0.877. The first-order valence-electron chi connectivity index (χ1n) is 5.53. The molecule has 8 nitrogen and oxygen atoms in total. The first-order chi connectivity index (χ1) is 9.77. The molecule has 0 fully saturated rings. The molecule has 0 saturated heterocycles. The molecule has 0 spiro atoms. The van der Waals surface area contributed by atoms with Gasteiger partial charge in [-0.2, -0.15) is 0 Å². The molecule has 21 heavy (non-hydrogen) atoms. The van der Waals surface area contributed by atoms with Crippen LogP contribution in [0.3, 0.4) is 0 Å². The molecule has 0 atom stereocenters. The van der Waals surface area contributed by atoms with Gasteiger partial charge in [0.15, 0.2) is 5.76 Å². The van der Waals surface area contributed by atoms with Crippen molar-refractivity contribution < 1.29 is 27.5 Å². The van der Waals surface area contributed by atoms with Crippen molar-refractivity contribution in [3.63, 3.8) is 0 Å². The minimum atomic E-state index is -3.89. The Morgan fingerprint density at radius 3 is 2.52 bits per heavy atom. The topological polar surface area (TPSA) is 140 Å². The molecule has 1 aromatic carbocycles. The zero-order valence-electron chi connectivity index (χ0n) is 10.4. The predicted molar refractivity (Wildman–Crippen MR) is 71.4 cm³/mol. The summed E-state index contributed by atoms with van der Waals surface area (Å²) in [6.45, 7) is 0. The van der Waals surface area contributed by atoms with E-state index in [1.807, 2.05) is 0 Å². The van der Waals surface area contributed by atoms with Gasteiger partial charge in [-0.05, 0) is 18.2 Å². The largest absolute Gasteiger partial charge is 0.478 e. The van der Waals surface area contributed by atoms with E-state index in [2.05, 4.69) is 5.32 Å². The van der Waals surface area contributed by atoms with Crippen molar-refractivity contribution in [1.29, 1.82) is 0 Å². The summed E-state index contributed by atoms with van der Waals surface area (Å²) in [5, 5.41) is 16.1.